The van der Waals surface area contributed by atoms with Crippen LogP contribution < -0.4 is 4.74 Å². The number of nitrogens with zero attached hydrogens (tertiary/aromatic N) is 2. The van der Waals surface area contributed by atoms with Gasteiger partial charge in [-0.05, 0) is 69.3 Å². The summed E-state index contributed by atoms with van der Waals surface area (Å²) >= 11 is 0. The minimum Gasteiger partial charge on any atom is -0.492 e. The molecule has 1 atom stereocenters. The van der Waals surface area contributed by atoms with Crippen LogP contribution in [0.2, 0.25) is 0 Å². The molecule has 3 fully saturated rings. The van der Waals surface area contributed by atoms with E-state index < -0.39 is 0 Å². The first kappa shape index (κ1) is 18.8. The van der Waals surface area contributed by atoms with Crippen molar-refractivity contribution in [3.8, 4) is 5.75 Å². The highest BCUT2D eigenvalue weighted by Gasteiger charge is 2.37. The average Bonchev–Trinajstić information content (AvgIpc) is 3.39. The predicted octanol–water partition coefficient (Wildman–Crippen LogP) is 3.22. The van der Waals surface area contributed by atoms with Crippen molar-refractivity contribution in [3.05, 3.63) is 29.8 Å². The molecule has 1 aromatic carbocycles. The first-order valence-corrected chi connectivity index (χ1v) is 10.7. The van der Waals surface area contributed by atoms with E-state index in [0.717, 1.165) is 56.8 Å². The van der Waals surface area contributed by atoms with Gasteiger partial charge in [0.25, 0.3) is 5.91 Å². The third-order valence-corrected chi connectivity index (χ3v) is 5.85. The summed E-state index contributed by atoms with van der Waals surface area (Å²) < 4.78 is 11.6. The largest absolute Gasteiger partial charge is 0.492 e. The van der Waals surface area contributed by atoms with Crippen LogP contribution in [0.25, 0.3) is 0 Å². The molecular formula is C22H32N2O3. The molecule has 4 rings (SSSR count). The van der Waals surface area contributed by atoms with E-state index in [2.05, 4.69) is 17.0 Å². The van der Waals surface area contributed by atoms with E-state index in [-0.39, 0.29) is 12.0 Å². The van der Waals surface area contributed by atoms with Crippen LogP contribution in [-0.2, 0) is 16.1 Å². The SMILES string of the molecule is O=C([C@@H]1CCCO1)N(Cc1cccc(OCCN2CCCCC2)c1)C1CC1. The average molecular weight is 373 g/mol. The Hall–Kier alpha value is -1.59. The van der Waals surface area contributed by atoms with E-state index in [0.29, 0.717) is 12.6 Å². The molecular weight excluding hydrogens is 340 g/mol. The summed E-state index contributed by atoms with van der Waals surface area (Å²) in [5, 5.41) is 0. The normalized spacial score (nSPS) is 23.3. The van der Waals surface area contributed by atoms with Gasteiger partial charge < -0.3 is 14.4 Å². The van der Waals surface area contributed by atoms with E-state index >= 15 is 0 Å². The Morgan fingerprint density at radius 3 is 2.74 bits per heavy atom. The second kappa shape index (κ2) is 9.07. The summed E-state index contributed by atoms with van der Waals surface area (Å²) in [6.45, 7) is 5.50. The smallest absolute Gasteiger partial charge is 0.252 e. The number of rotatable bonds is 8. The van der Waals surface area contributed by atoms with Crippen LogP contribution in [0, 0.1) is 0 Å². The lowest BCUT2D eigenvalue weighted by Crippen LogP contribution is -2.39. The predicted molar refractivity (Wildman–Crippen MR) is 105 cm³/mol. The number of carbonyl (C=O) groups excluding carboxylic acids is 1. The molecule has 0 radical (unpaired) electrons. The first-order chi connectivity index (χ1) is 13.3. The number of likely N-dealkylation sites (tertiary alicyclic amines) is 1. The fraction of sp³-hybridized carbons (Fsp3) is 0.682. The molecule has 1 saturated carbocycles. The van der Waals surface area contributed by atoms with Crippen molar-refractivity contribution in [3.63, 3.8) is 0 Å². The van der Waals surface area contributed by atoms with Crippen LogP contribution >= 0.6 is 0 Å². The minimum absolute atomic E-state index is 0.173. The molecule has 0 bridgehead atoms. The van der Waals surface area contributed by atoms with Crippen LogP contribution in [0.3, 0.4) is 0 Å². The van der Waals surface area contributed by atoms with Crippen molar-refractivity contribution in [2.75, 3.05) is 32.8 Å². The molecule has 2 saturated heterocycles. The lowest BCUT2D eigenvalue weighted by Gasteiger charge is -2.26. The van der Waals surface area contributed by atoms with Crippen molar-refractivity contribution >= 4 is 5.91 Å². The Balaban J connectivity index is 1.31. The topological polar surface area (TPSA) is 42.0 Å². The van der Waals surface area contributed by atoms with Gasteiger partial charge in [-0.3, -0.25) is 9.69 Å². The zero-order chi connectivity index (χ0) is 18.5. The maximum absolute atomic E-state index is 12.8. The Kier molecular flexibility index (Phi) is 6.30. The zero-order valence-corrected chi connectivity index (χ0v) is 16.3. The number of amides is 1. The molecule has 1 aromatic rings. The van der Waals surface area contributed by atoms with Crippen molar-refractivity contribution in [1.82, 2.24) is 9.80 Å². The minimum atomic E-state index is -0.227. The molecule has 0 N–H and O–H groups in total. The van der Waals surface area contributed by atoms with Gasteiger partial charge in [0.15, 0.2) is 0 Å². The van der Waals surface area contributed by atoms with Crippen molar-refractivity contribution in [2.24, 2.45) is 0 Å². The van der Waals surface area contributed by atoms with Gasteiger partial charge in [0.05, 0.1) is 0 Å². The third kappa shape index (κ3) is 5.23. The highest BCUT2D eigenvalue weighted by molar-refractivity contribution is 5.81. The highest BCUT2D eigenvalue weighted by atomic mass is 16.5. The fourth-order valence-corrected chi connectivity index (χ4v) is 4.14. The Bertz CT molecular complexity index is 620. The van der Waals surface area contributed by atoms with Gasteiger partial charge in [-0.15, -0.1) is 0 Å². The van der Waals surface area contributed by atoms with Crippen LogP contribution in [-0.4, -0.2) is 60.7 Å². The molecule has 0 unspecified atom stereocenters. The highest BCUT2D eigenvalue weighted by Crippen LogP contribution is 2.31. The van der Waals surface area contributed by atoms with E-state index in [1.54, 1.807) is 0 Å². The van der Waals surface area contributed by atoms with E-state index in [9.17, 15) is 4.79 Å². The lowest BCUT2D eigenvalue weighted by molar-refractivity contribution is -0.142. The summed E-state index contributed by atoms with van der Waals surface area (Å²) in [7, 11) is 0. The Morgan fingerprint density at radius 1 is 1.15 bits per heavy atom. The zero-order valence-electron chi connectivity index (χ0n) is 16.3. The summed E-state index contributed by atoms with van der Waals surface area (Å²) in [6, 6.07) is 8.63. The molecule has 3 aliphatic rings. The molecule has 2 aliphatic heterocycles. The number of hydrogen-bond acceptors (Lipinski definition) is 4. The van der Waals surface area contributed by atoms with Gasteiger partial charge in [-0.2, -0.15) is 0 Å². The van der Waals surface area contributed by atoms with E-state index in [4.69, 9.17) is 9.47 Å². The molecule has 2 heterocycles. The monoisotopic (exact) mass is 372 g/mol. The number of hydrogen-bond donors (Lipinski definition) is 0. The molecule has 0 spiro atoms. The van der Waals surface area contributed by atoms with Gasteiger partial charge in [-0.25, -0.2) is 0 Å². The Labute approximate surface area is 162 Å². The summed E-state index contributed by atoms with van der Waals surface area (Å²) in [4.78, 5) is 17.3. The number of ether oxygens (including phenoxy) is 2. The Morgan fingerprint density at radius 2 is 2.00 bits per heavy atom. The lowest BCUT2D eigenvalue weighted by atomic mass is 10.1. The van der Waals surface area contributed by atoms with Crippen molar-refractivity contribution < 1.29 is 14.3 Å². The quantitative estimate of drug-likeness (QED) is 0.703. The van der Waals surface area contributed by atoms with Crippen molar-refractivity contribution in [1.29, 1.82) is 0 Å². The first-order valence-electron chi connectivity index (χ1n) is 10.7. The summed E-state index contributed by atoms with van der Waals surface area (Å²) in [5.74, 6) is 1.08. The molecule has 5 nitrogen and oxygen atoms in total. The van der Waals surface area contributed by atoms with E-state index in [1.807, 2.05) is 17.0 Å². The molecule has 1 aliphatic carbocycles. The van der Waals surface area contributed by atoms with Gasteiger partial charge in [0.1, 0.15) is 18.5 Å². The number of piperidine rings is 1. The van der Waals surface area contributed by atoms with Gasteiger partial charge in [-0.1, -0.05) is 18.6 Å². The van der Waals surface area contributed by atoms with Gasteiger partial charge >= 0.3 is 0 Å². The molecule has 1 amide bonds. The van der Waals surface area contributed by atoms with Crippen LogP contribution in [0.5, 0.6) is 5.75 Å². The molecule has 5 heteroatoms. The standard InChI is InChI=1S/C22H32N2O3/c25-22(21-8-5-14-27-21)24(19-9-10-19)17-18-6-4-7-20(16-18)26-15-13-23-11-2-1-3-12-23/h4,6-7,16,19,21H,1-3,5,8-15,17H2/t21-/m0/s1. The van der Waals surface area contributed by atoms with E-state index in [1.165, 1.54) is 32.4 Å². The van der Waals surface area contributed by atoms with Crippen molar-refractivity contribution in [2.45, 2.75) is 63.6 Å². The number of benzene rings is 1. The fourth-order valence-electron chi connectivity index (χ4n) is 4.14. The summed E-state index contributed by atoms with van der Waals surface area (Å²) in [6.07, 6.45) is 7.85. The molecule has 0 aromatic heterocycles. The van der Waals surface area contributed by atoms with Gasteiger partial charge in [0, 0.05) is 25.7 Å². The second-order valence-electron chi connectivity index (χ2n) is 8.10. The summed E-state index contributed by atoms with van der Waals surface area (Å²) in [5.41, 5.74) is 1.14. The third-order valence-electron chi connectivity index (χ3n) is 5.85. The van der Waals surface area contributed by atoms with Gasteiger partial charge in [0.2, 0.25) is 0 Å². The van der Waals surface area contributed by atoms with Crippen LogP contribution in [0.4, 0.5) is 0 Å². The van der Waals surface area contributed by atoms with Crippen LogP contribution in [0.15, 0.2) is 24.3 Å². The maximum Gasteiger partial charge on any atom is 0.252 e. The maximum atomic E-state index is 12.8. The molecule has 148 valence electrons. The van der Waals surface area contributed by atoms with Crippen LogP contribution in [0.1, 0.15) is 50.5 Å². The second-order valence-corrected chi connectivity index (χ2v) is 8.10. The molecule has 27 heavy (non-hydrogen) atoms. The number of carbonyl (C=O) groups is 1.